The Morgan fingerprint density at radius 2 is 1.79 bits per heavy atom. The number of hydrogen-bond donors (Lipinski definition) is 0. The Morgan fingerprint density at radius 3 is 2.47 bits per heavy atom. The molecule has 1 saturated heterocycles. The van der Waals surface area contributed by atoms with Gasteiger partial charge in [0.05, 0.1) is 10.7 Å². The zero-order valence-corrected chi connectivity index (χ0v) is 19.7. The van der Waals surface area contributed by atoms with Gasteiger partial charge >= 0.3 is 5.69 Å². The van der Waals surface area contributed by atoms with Crippen LogP contribution >= 0.6 is 11.8 Å². The number of nitro benzene ring substituents is 1. The molecule has 0 atom stereocenters. The number of nitro groups is 1. The lowest BCUT2D eigenvalue weighted by atomic mass is 10.2. The molecule has 4 rings (SSSR count). The van der Waals surface area contributed by atoms with E-state index >= 15 is 0 Å². The first kappa shape index (κ1) is 23.6. The second-order valence-corrected chi connectivity index (χ2v) is 9.11. The second-order valence-electron chi connectivity index (χ2n) is 8.15. The molecule has 11 nitrogen and oxygen atoms in total. The van der Waals surface area contributed by atoms with E-state index < -0.39 is 16.2 Å². The van der Waals surface area contributed by atoms with Crippen LogP contribution in [0.5, 0.6) is 0 Å². The predicted molar refractivity (Wildman–Crippen MR) is 128 cm³/mol. The van der Waals surface area contributed by atoms with Gasteiger partial charge in [-0.05, 0) is 12.8 Å². The Balaban J connectivity index is 1.81. The summed E-state index contributed by atoms with van der Waals surface area (Å²) < 4.78 is 2.21. The van der Waals surface area contributed by atoms with Crippen molar-refractivity contribution in [1.82, 2.24) is 24.0 Å². The van der Waals surface area contributed by atoms with Crippen LogP contribution in [0.15, 0.2) is 38.9 Å². The van der Waals surface area contributed by atoms with E-state index in [1.807, 2.05) is 4.90 Å². The second kappa shape index (κ2) is 9.75. The van der Waals surface area contributed by atoms with E-state index in [4.69, 9.17) is 0 Å². The van der Waals surface area contributed by atoms with Gasteiger partial charge in [-0.3, -0.25) is 28.8 Å². The molecule has 0 spiro atoms. The van der Waals surface area contributed by atoms with E-state index in [1.54, 1.807) is 6.07 Å². The van der Waals surface area contributed by atoms with Crippen LogP contribution in [0.3, 0.4) is 0 Å². The third-order valence-electron chi connectivity index (χ3n) is 5.87. The van der Waals surface area contributed by atoms with Gasteiger partial charge in [0, 0.05) is 44.9 Å². The van der Waals surface area contributed by atoms with Crippen molar-refractivity contribution in [1.29, 1.82) is 0 Å². The summed E-state index contributed by atoms with van der Waals surface area (Å²) in [4.78, 5) is 59.8. The van der Waals surface area contributed by atoms with Crippen molar-refractivity contribution in [2.75, 3.05) is 18.8 Å². The largest absolute Gasteiger partial charge is 0.342 e. The molecule has 0 aliphatic carbocycles. The molecule has 0 unspecified atom stereocenters. The fourth-order valence-corrected chi connectivity index (χ4v) is 4.88. The Labute approximate surface area is 198 Å². The summed E-state index contributed by atoms with van der Waals surface area (Å²) >= 11 is 1.11. The summed E-state index contributed by atoms with van der Waals surface area (Å²) in [5, 5.41) is 11.6. The molecule has 3 aromatic rings. The number of carbonyl (C=O) groups excluding carboxylic acids is 1. The van der Waals surface area contributed by atoms with Crippen LogP contribution in [0.2, 0.25) is 0 Å². The summed E-state index contributed by atoms with van der Waals surface area (Å²) in [6, 6.07) is 5.81. The van der Waals surface area contributed by atoms with Gasteiger partial charge in [-0.15, -0.1) is 0 Å². The number of amides is 1. The molecular weight excluding hydrogens is 460 g/mol. The maximum Gasteiger partial charge on any atom is 0.332 e. The highest BCUT2D eigenvalue weighted by molar-refractivity contribution is 8.00. The molecule has 1 aromatic carbocycles. The van der Waals surface area contributed by atoms with Crippen molar-refractivity contribution in [2.24, 2.45) is 14.1 Å². The first-order chi connectivity index (χ1) is 16.3. The Morgan fingerprint density at radius 1 is 1.09 bits per heavy atom. The number of thioether (sulfide) groups is 1. The normalized spacial score (nSPS) is 14.2. The van der Waals surface area contributed by atoms with Gasteiger partial charge in [0.25, 0.3) is 11.2 Å². The van der Waals surface area contributed by atoms with E-state index in [1.165, 1.54) is 36.9 Å². The molecule has 2 aromatic heterocycles. The molecule has 1 aliphatic heterocycles. The molecule has 0 bridgehead atoms. The number of nitrogens with zero attached hydrogens (tertiary/aromatic N) is 6. The van der Waals surface area contributed by atoms with Crippen molar-refractivity contribution in [2.45, 2.75) is 30.7 Å². The molecule has 3 heterocycles. The summed E-state index contributed by atoms with van der Waals surface area (Å²) in [6.07, 6.45) is 4.13. The number of hydrogen-bond acceptors (Lipinski definition) is 8. The first-order valence-corrected chi connectivity index (χ1v) is 11.9. The highest BCUT2D eigenvalue weighted by Crippen LogP contribution is 2.28. The van der Waals surface area contributed by atoms with Gasteiger partial charge in [0.15, 0.2) is 11.5 Å². The fourth-order valence-electron chi connectivity index (χ4n) is 3.96. The number of aryl methyl sites for hydroxylation is 1. The summed E-state index contributed by atoms with van der Waals surface area (Å²) in [7, 11) is 2.86. The minimum Gasteiger partial charge on any atom is -0.342 e. The minimum absolute atomic E-state index is 0.0443. The Hall–Kier alpha value is -3.54. The maximum atomic E-state index is 13.0. The number of likely N-dealkylation sites (tertiary alicyclic amines) is 1. The molecule has 1 aliphatic rings. The van der Waals surface area contributed by atoms with Gasteiger partial charge in [0.2, 0.25) is 5.91 Å². The summed E-state index contributed by atoms with van der Waals surface area (Å²) in [6.45, 7) is 1.41. The zero-order valence-electron chi connectivity index (χ0n) is 18.9. The van der Waals surface area contributed by atoms with Gasteiger partial charge in [-0.25, -0.2) is 14.8 Å². The number of aromatic nitrogens is 4. The standard InChI is InChI=1S/C22H24N6O5S/c1-25-19-17(21(30)26(2)22(25)31)20(34-13-16(29)27-10-5-3-4-6-11-27)24-18(23-19)14-8-7-9-15(12-14)28(32)33/h7-9,12H,3-6,10-11,13H2,1-2H3. The molecule has 0 saturated carbocycles. The topological polar surface area (TPSA) is 133 Å². The molecule has 34 heavy (non-hydrogen) atoms. The predicted octanol–water partition coefficient (Wildman–Crippen LogP) is 2.10. The van der Waals surface area contributed by atoms with Crippen LogP contribution in [0.4, 0.5) is 5.69 Å². The number of benzene rings is 1. The van der Waals surface area contributed by atoms with E-state index in [0.29, 0.717) is 18.7 Å². The van der Waals surface area contributed by atoms with Crippen molar-refractivity contribution < 1.29 is 9.72 Å². The quantitative estimate of drug-likeness (QED) is 0.233. The van der Waals surface area contributed by atoms with Crippen molar-refractivity contribution in [3.05, 3.63) is 55.2 Å². The summed E-state index contributed by atoms with van der Waals surface area (Å²) in [5.74, 6) is 0.160. The lowest BCUT2D eigenvalue weighted by molar-refractivity contribution is -0.384. The average Bonchev–Trinajstić information content (AvgIpc) is 3.14. The smallest absolute Gasteiger partial charge is 0.332 e. The number of non-ortho nitro benzene ring substituents is 1. The van der Waals surface area contributed by atoms with Crippen LogP contribution in [-0.2, 0) is 18.9 Å². The van der Waals surface area contributed by atoms with Crippen molar-refractivity contribution in [3.63, 3.8) is 0 Å². The van der Waals surface area contributed by atoms with E-state index in [2.05, 4.69) is 9.97 Å². The third kappa shape index (κ3) is 4.58. The molecule has 12 heteroatoms. The summed E-state index contributed by atoms with van der Waals surface area (Å²) in [5.41, 5.74) is -0.782. The van der Waals surface area contributed by atoms with Gasteiger partial charge in [-0.2, -0.15) is 0 Å². The first-order valence-electron chi connectivity index (χ1n) is 10.9. The lowest BCUT2D eigenvalue weighted by Gasteiger charge is -2.20. The van der Waals surface area contributed by atoms with Gasteiger partial charge < -0.3 is 4.90 Å². The van der Waals surface area contributed by atoms with Crippen molar-refractivity contribution in [3.8, 4) is 11.4 Å². The van der Waals surface area contributed by atoms with Crippen LogP contribution in [0, 0.1) is 10.1 Å². The van der Waals surface area contributed by atoms with E-state index in [-0.39, 0.29) is 39.2 Å². The fraction of sp³-hybridized carbons (Fsp3) is 0.409. The molecule has 1 amide bonds. The van der Waals surface area contributed by atoms with E-state index in [0.717, 1.165) is 42.0 Å². The minimum atomic E-state index is -0.562. The SMILES string of the molecule is Cn1c(=O)c2c(SCC(=O)N3CCCCCC3)nc(-c3cccc([N+](=O)[O-])c3)nc2n(C)c1=O. The average molecular weight is 485 g/mol. The molecular formula is C22H24N6O5S. The Bertz CT molecular complexity index is 1390. The third-order valence-corrected chi connectivity index (χ3v) is 6.83. The number of fused-ring (bicyclic) bond motifs is 1. The highest BCUT2D eigenvalue weighted by atomic mass is 32.2. The molecule has 0 N–H and O–H groups in total. The molecule has 1 fully saturated rings. The maximum absolute atomic E-state index is 13.0. The van der Waals surface area contributed by atoms with Crippen molar-refractivity contribution >= 4 is 34.4 Å². The number of rotatable bonds is 5. The number of carbonyl (C=O) groups is 1. The lowest BCUT2D eigenvalue weighted by Crippen LogP contribution is -2.38. The van der Waals surface area contributed by atoms with E-state index in [9.17, 15) is 24.5 Å². The van der Waals surface area contributed by atoms with Gasteiger partial charge in [0.1, 0.15) is 10.4 Å². The molecule has 178 valence electrons. The van der Waals surface area contributed by atoms with Crippen LogP contribution in [0.25, 0.3) is 22.4 Å². The highest BCUT2D eigenvalue weighted by Gasteiger charge is 2.21. The van der Waals surface area contributed by atoms with Crippen LogP contribution in [-0.4, -0.2) is 53.7 Å². The zero-order chi connectivity index (χ0) is 24.4. The monoisotopic (exact) mass is 484 g/mol. The molecule has 0 radical (unpaired) electrons. The van der Waals surface area contributed by atoms with Crippen LogP contribution < -0.4 is 11.2 Å². The van der Waals surface area contributed by atoms with Gasteiger partial charge in [-0.1, -0.05) is 36.7 Å². The van der Waals surface area contributed by atoms with Crippen LogP contribution in [0.1, 0.15) is 25.7 Å². The Kier molecular flexibility index (Phi) is 6.77.